The minimum Gasteiger partial charge on any atom is -0.496 e. The summed E-state index contributed by atoms with van der Waals surface area (Å²) in [5.41, 5.74) is 6.47. The van der Waals surface area contributed by atoms with Gasteiger partial charge in [0.1, 0.15) is 5.75 Å². The Morgan fingerprint density at radius 3 is 2.71 bits per heavy atom. The summed E-state index contributed by atoms with van der Waals surface area (Å²) in [6.07, 6.45) is 1.91. The number of aliphatic carboxylic acids is 1. The number of carbonyl (C=O) groups excluding carboxylic acids is 1. The molecule has 2 heterocycles. The summed E-state index contributed by atoms with van der Waals surface area (Å²) in [5.74, 6) is -0.125. The molecule has 4 N–H and O–H groups in total. The van der Waals surface area contributed by atoms with Gasteiger partial charge in [0.15, 0.2) is 0 Å². The molecular formula is C21H31ClN4O5. The number of morpholine rings is 1. The summed E-state index contributed by atoms with van der Waals surface area (Å²) in [4.78, 5) is 27.9. The molecule has 31 heavy (non-hydrogen) atoms. The first kappa shape index (κ1) is 23.6. The third-order valence-electron chi connectivity index (χ3n) is 5.86. The number of halogens is 1. The van der Waals surface area contributed by atoms with Gasteiger partial charge in [0.05, 0.1) is 42.6 Å². The Hall–Kier alpha value is -2.07. The summed E-state index contributed by atoms with van der Waals surface area (Å²) >= 11 is 6.06. The molecule has 0 radical (unpaired) electrons. The molecule has 2 aliphatic heterocycles. The van der Waals surface area contributed by atoms with E-state index in [0.717, 1.165) is 45.6 Å². The fourth-order valence-corrected chi connectivity index (χ4v) is 4.33. The Morgan fingerprint density at radius 1 is 1.29 bits per heavy atom. The number of rotatable bonds is 8. The summed E-state index contributed by atoms with van der Waals surface area (Å²) in [6, 6.07) is 3.05. The van der Waals surface area contributed by atoms with E-state index in [1.165, 1.54) is 19.2 Å². The highest BCUT2D eigenvalue weighted by atomic mass is 35.5. The fraction of sp³-hybridized carbons (Fsp3) is 0.619. The second kappa shape index (κ2) is 11.0. The monoisotopic (exact) mass is 454 g/mol. The van der Waals surface area contributed by atoms with Crippen molar-refractivity contribution in [3.05, 3.63) is 22.7 Å². The van der Waals surface area contributed by atoms with Gasteiger partial charge in [0, 0.05) is 32.2 Å². The highest BCUT2D eigenvalue weighted by Crippen LogP contribution is 2.28. The number of nitrogen functional groups attached to an aromatic ring is 1. The number of amides is 1. The molecule has 3 rings (SSSR count). The molecule has 1 amide bonds. The molecule has 1 aromatic rings. The number of ether oxygens (including phenoxy) is 2. The largest absolute Gasteiger partial charge is 0.496 e. The molecule has 0 aromatic heterocycles. The molecule has 0 aliphatic carbocycles. The van der Waals surface area contributed by atoms with Crippen molar-refractivity contribution >= 4 is 29.2 Å². The maximum Gasteiger partial charge on any atom is 0.317 e. The van der Waals surface area contributed by atoms with Gasteiger partial charge in [-0.1, -0.05) is 11.6 Å². The Labute approximate surface area is 187 Å². The SMILES string of the molecule is COc1cc(N)c(Cl)cc1C(=O)NC[C@H]1CN(CC2CCN(CC(=O)O)CC2)CCO1. The molecule has 2 aliphatic rings. The summed E-state index contributed by atoms with van der Waals surface area (Å²) in [7, 11) is 1.48. The van der Waals surface area contributed by atoms with Crippen molar-refractivity contribution in [2.24, 2.45) is 5.92 Å². The third kappa shape index (κ3) is 6.70. The van der Waals surface area contributed by atoms with Gasteiger partial charge >= 0.3 is 5.97 Å². The number of likely N-dealkylation sites (tertiary alicyclic amines) is 1. The number of anilines is 1. The van der Waals surface area contributed by atoms with Crippen molar-refractivity contribution < 1.29 is 24.2 Å². The van der Waals surface area contributed by atoms with Crippen molar-refractivity contribution in [2.75, 3.05) is 65.3 Å². The molecule has 10 heteroatoms. The molecular weight excluding hydrogens is 424 g/mol. The summed E-state index contributed by atoms with van der Waals surface area (Å²) in [5, 5.41) is 12.1. The fourth-order valence-electron chi connectivity index (χ4n) is 4.17. The molecule has 1 aromatic carbocycles. The van der Waals surface area contributed by atoms with Crippen molar-refractivity contribution in [1.82, 2.24) is 15.1 Å². The molecule has 0 spiro atoms. The van der Waals surface area contributed by atoms with Gasteiger partial charge in [-0.2, -0.15) is 0 Å². The first-order chi connectivity index (χ1) is 14.9. The molecule has 0 saturated carbocycles. The van der Waals surface area contributed by atoms with Crippen LogP contribution in [0, 0.1) is 5.92 Å². The number of carbonyl (C=O) groups is 2. The minimum absolute atomic E-state index is 0.0972. The smallest absolute Gasteiger partial charge is 0.317 e. The topological polar surface area (TPSA) is 117 Å². The Kier molecular flexibility index (Phi) is 8.36. The van der Waals surface area contributed by atoms with Crippen LogP contribution in [0.25, 0.3) is 0 Å². The number of carboxylic acids is 1. The standard InChI is InChI=1S/C21H31ClN4O5/c1-30-19-9-18(23)17(22)8-16(19)21(29)24-10-15-12-26(6-7-31-15)11-14-2-4-25(5-3-14)13-20(27)28/h8-9,14-15H,2-7,10-13,23H2,1H3,(H,24,29)(H,27,28)/t15-/m0/s1. The van der Waals surface area contributed by atoms with Crippen LogP contribution in [0.15, 0.2) is 12.1 Å². The Bertz CT molecular complexity index is 785. The van der Waals surface area contributed by atoms with Gasteiger partial charge in [0.2, 0.25) is 0 Å². The Balaban J connectivity index is 1.46. The number of nitrogens with zero attached hydrogens (tertiary/aromatic N) is 2. The molecule has 2 fully saturated rings. The van der Waals surface area contributed by atoms with Gasteiger partial charge in [-0.3, -0.25) is 19.4 Å². The van der Waals surface area contributed by atoms with Gasteiger partial charge in [-0.25, -0.2) is 0 Å². The second-order valence-corrected chi connectivity index (χ2v) is 8.56. The number of piperidine rings is 1. The van der Waals surface area contributed by atoms with Crippen LogP contribution >= 0.6 is 11.6 Å². The number of hydrogen-bond acceptors (Lipinski definition) is 7. The van der Waals surface area contributed by atoms with Gasteiger partial charge in [-0.05, 0) is 37.9 Å². The van der Waals surface area contributed by atoms with Crippen LogP contribution in [-0.4, -0.2) is 92.4 Å². The van der Waals surface area contributed by atoms with E-state index in [0.29, 0.717) is 41.1 Å². The van der Waals surface area contributed by atoms with Crippen LogP contribution in [0.1, 0.15) is 23.2 Å². The van der Waals surface area contributed by atoms with Crippen molar-refractivity contribution in [2.45, 2.75) is 18.9 Å². The van der Waals surface area contributed by atoms with Crippen LogP contribution < -0.4 is 15.8 Å². The molecule has 1 atom stereocenters. The quantitative estimate of drug-likeness (QED) is 0.501. The average Bonchev–Trinajstić information content (AvgIpc) is 2.75. The number of benzene rings is 1. The lowest BCUT2D eigenvalue weighted by atomic mass is 9.96. The lowest BCUT2D eigenvalue weighted by Gasteiger charge is -2.37. The zero-order valence-corrected chi connectivity index (χ0v) is 18.6. The van der Waals surface area contributed by atoms with Crippen molar-refractivity contribution in [1.29, 1.82) is 0 Å². The number of nitrogens with one attached hydrogen (secondary N) is 1. The van der Waals surface area contributed by atoms with Crippen molar-refractivity contribution in [3.8, 4) is 5.75 Å². The lowest BCUT2D eigenvalue weighted by Crippen LogP contribution is -2.49. The van der Waals surface area contributed by atoms with E-state index < -0.39 is 5.97 Å². The zero-order valence-electron chi connectivity index (χ0n) is 17.8. The predicted octanol–water partition coefficient (Wildman–Crippen LogP) is 1.16. The van der Waals surface area contributed by atoms with E-state index in [1.807, 2.05) is 4.90 Å². The van der Waals surface area contributed by atoms with E-state index >= 15 is 0 Å². The normalized spacial score (nSPS) is 21.0. The molecule has 9 nitrogen and oxygen atoms in total. The van der Waals surface area contributed by atoms with Gasteiger partial charge in [-0.15, -0.1) is 0 Å². The Morgan fingerprint density at radius 2 is 2.03 bits per heavy atom. The van der Waals surface area contributed by atoms with Gasteiger partial charge in [0.25, 0.3) is 5.91 Å². The van der Waals surface area contributed by atoms with Crippen LogP contribution in [0.5, 0.6) is 5.75 Å². The lowest BCUT2D eigenvalue weighted by molar-refractivity contribution is -0.138. The molecule has 2 saturated heterocycles. The zero-order chi connectivity index (χ0) is 22.4. The van der Waals surface area contributed by atoms with E-state index in [9.17, 15) is 9.59 Å². The van der Waals surface area contributed by atoms with E-state index in [2.05, 4.69) is 10.2 Å². The van der Waals surface area contributed by atoms with Crippen LogP contribution in [-0.2, 0) is 9.53 Å². The molecule has 172 valence electrons. The van der Waals surface area contributed by atoms with Gasteiger partial charge < -0.3 is 25.6 Å². The van der Waals surface area contributed by atoms with Crippen molar-refractivity contribution in [3.63, 3.8) is 0 Å². The number of carboxylic acid groups (broad SMARTS) is 1. The maximum atomic E-state index is 12.6. The average molecular weight is 455 g/mol. The minimum atomic E-state index is -0.768. The van der Waals surface area contributed by atoms with E-state index in [1.54, 1.807) is 0 Å². The summed E-state index contributed by atoms with van der Waals surface area (Å²) in [6.45, 7) is 5.36. The second-order valence-electron chi connectivity index (χ2n) is 8.15. The number of hydrogen-bond donors (Lipinski definition) is 3. The number of methoxy groups -OCH3 is 1. The molecule has 0 bridgehead atoms. The highest BCUT2D eigenvalue weighted by molar-refractivity contribution is 6.33. The maximum absolute atomic E-state index is 12.6. The predicted molar refractivity (Wildman–Crippen MR) is 118 cm³/mol. The van der Waals surface area contributed by atoms with Crippen LogP contribution in [0.3, 0.4) is 0 Å². The highest BCUT2D eigenvalue weighted by Gasteiger charge is 2.26. The van der Waals surface area contributed by atoms with Crippen LogP contribution in [0.4, 0.5) is 5.69 Å². The summed E-state index contributed by atoms with van der Waals surface area (Å²) < 4.78 is 11.1. The van der Waals surface area contributed by atoms with Crippen LogP contribution in [0.2, 0.25) is 5.02 Å². The number of nitrogens with two attached hydrogens (primary N) is 1. The van der Waals surface area contributed by atoms with E-state index in [-0.39, 0.29) is 18.6 Å². The van der Waals surface area contributed by atoms with E-state index in [4.69, 9.17) is 31.9 Å². The molecule has 0 unspecified atom stereocenters. The third-order valence-corrected chi connectivity index (χ3v) is 6.19. The first-order valence-electron chi connectivity index (χ1n) is 10.5. The first-order valence-corrected chi connectivity index (χ1v) is 10.9.